The molecule has 1 aromatic carbocycles. The monoisotopic (exact) mass is 176 g/mol. The van der Waals surface area contributed by atoms with Crippen molar-refractivity contribution in [3.8, 4) is 0 Å². The van der Waals surface area contributed by atoms with Gasteiger partial charge in [-0.1, -0.05) is 30.3 Å². The van der Waals surface area contributed by atoms with Crippen LogP contribution >= 0.6 is 0 Å². The van der Waals surface area contributed by atoms with Gasteiger partial charge >= 0.3 is 0 Å². The normalized spacial score (nSPS) is 18.5. The van der Waals surface area contributed by atoms with Crippen LogP contribution in [0.25, 0.3) is 6.08 Å². The molecule has 13 heavy (non-hydrogen) atoms. The fourth-order valence-corrected chi connectivity index (χ4v) is 1.37. The maximum Gasteiger partial charge on any atom is 0.256 e. The molecule has 0 bridgehead atoms. The highest BCUT2D eigenvalue weighted by Crippen LogP contribution is 2.28. The van der Waals surface area contributed by atoms with E-state index in [0.717, 1.165) is 0 Å². The molecule has 1 aromatic rings. The minimum absolute atomic E-state index is 0.238. The molecule has 2 N–H and O–H groups in total. The summed E-state index contributed by atoms with van der Waals surface area (Å²) in [7, 11) is 0. The summed E-state index contributed by atoms with van der Waals surface area (Å²) < 4.78 is 0. The molecule has 0 amide bonds. The Morgan fingerprint density at radius 1 is 1.08 bits per heavy atom. The fraction of sp³-hybridized carbons (Fsp3) is 0.100. The molecule has 3 heteroatoms. The lowest BCUT2D eigenvalue weighted by Gasteiger charge is -2.23. The molecule has 0 fully saturated rings. The van der Waals surface area contributed by atoms with Crippen LogP contribution in [0.3, 0.4) is 0 Å². The van der Waals surface area contributed by atoms with Crippen LogP contribution in [0.4, 0.5) is 0 Å². The van der Waals surface area contributed by atoms with Gasteiger partial charge in [-0.05, 0) is 11.6 Å². The third-order valence-corrected chi connectivity index (χ3v) is 2.09. The van der Waals surface area contributed by atoms with Crippen LogP contribution in [0.1, 0.15) is 11.1 Å². The molecule has 3 nitrogen and oxygen atoms in total. The van der Waals surface area contributed by atoms with Crippen LogP contribution in [-0.2, 0) is 10.6 Å². The highest BCUT2D eigenvalue weighted by Gasteiger charge is 2.37. The molecule has 0 aliphatic heterocycles. The third-order valence-electron chi connectivity index (χ3n) is 2.09. The van der Waals surface area contributed by atoms with Gasteiger partial charge < -0.3 is 10.2 Å². The Kier molecular flexibility index (Phi) is 1.58. The number of hydrogen-bond donors (Lipinski definition) is 2. The molecule has 66 valence electrons. The van der Waals surface area contributed by atoms with Gasteiger partial charge in [0.05, 0.1) is 0 Å². The highest BCUT2D eigenvalue weighted by atomic mass is 16.5. The van der Waals surface area contributed by atoms with E-state index in [0.29, 0.717) is 5.56 Å². The maximum absolute atomic E-state index is 11.1. The van der Waals surface area contributed by atoms with Crippen LogP contribution in [0.2, 0.25) is 0 Å². The Hall–Kier alpha value is -1.45. The van der Waals surface area contributed by atoms with Gasteiger partial charge in [0.15, 0.2) is 0 Å². The van der Waals surface area contributed by atoms with E-state index < -0.39 is 11.6 Å². The van der Waals surface area contributed by atoms with Gasteiger partial charge in [0.1, 0.15) is 0 Å². The first-order valence-electron chi connectivity index (χ1n) is 3.89. The van der Waals surface area contributed by atoms with Crippen molar-refractivity contribution in [2.75, 3.05) is 0 Å². The second-order valence-corrected chi connectivity index (χ2v) is 2.96. The largest absolute Gasteiger partial charge is 0.356 e. The highest BCUT2D eigenvalue weighted by molar-refractivity contribution is 6.02. The van der Waals surface area contributed by atoms with Crippen molar-refractivity contribution in [1.82, 2.24) is 0 Å². The Labute approximate surface area is 74.9 Å². The molecule has 0 unspecified atom stereocenters. The van der Waals surface area contributed by atoms with Gasteiger partial charge in [-0.2, -0.15) is 0 Å². The Morgan fingerprint density at radius 3 is 2.54 bits per heavy atom. The summed E-state index contributed by atoms with van der Waals surface area (Å²) in [5.41, 5.74) is 0.898. The number of carbonyl (C=O) groups is 1. The van der Waals surface area contributed by atoms with Gasteiger partial charge in [-0.25, -0.2) is 0 Å². The van der Waals surface area contributed by atoms with Crippen molar-refractivity contribution in [3.05, 3.63) is 41.5 Å². The van der Waals surface area contributed by atoms with Gasteiger partial charge in [0.25, 0.3) is 5.79 Å². The van der Waals surface area contributed by atoms with Crippen molar-refractivity contribution in [3.63, 3.8) is 0 Å². The minimum Gasteiger partial charge on any atom is -0.356 e. The summed E-state index contributed by atoms with van der Waals surface area (Å²) in [4.78, 5) is 11.1. The molecular formula is C10H8O3. The van der Waals surface area contributed by atoms with E-state index in [1.807, 2.05) is 0 Å². The summed E-state index contributed by atoms with van der Waals surface area (Å²) in [6, 6.07) is 6.68. The van der Waals surface area contributed by atoms with E-state index in [-0.39, 0.29) is 5.56 Å². The number of fused-ring (bicyclic) bond motifs is 1. The lowest BCUT2D eigenvalue weighted by atomic mass is 9.91. The van der Waals surface area contributed by atoms with Gasteiger partial charge in [0.2, 0.25) is 5.78 Å². The summed E-state index contributed by atoms with van der Waals surface area (Å²) in [5.74, 6) is -3.06. The fourth-order valence-electron chi connectivity index (χ4n) is 1.37. The predicted octanol–water partition coefficient (Wildman–Crippen LogP) is 0.420. The first kappa shape index (κ1) is 8.16. The Morgan fingerprint density at radius 2 is 1.77 bits per heavy atom. The zero-order chi connectivity index (χ0) is 9.47. The molecule has 0 saturated carbocycles. The van der Waals surface area contributed by atoms with Gasteiger partial charge in [0, 0.05) is 5.56 Å². The average molecular weight is 176 g/mol. The van der Waals surface area contributed by atoms with Crippen LogP contribution < -0.4 is 0 Å². The number of benzene rings is 1. The van der Waals surface area contributed by atoms with Crippen molar-refractivity contribution in [2.45, 2.75) is 5.79 Å². The van der Waals surface area contributed by atoms with Crippen molar-refractivity contribution < 1.29 is 15.0 Å². The van der Waals surface area contributed by atoms with E-state index in [1.54, 1.807) is 24.3 Å². The van der Waals surface area contributed by atoms with Gasteiger partial charge in [-0.15, -0.1) is 0 Å². The van der Waals surface area contributed by atoms with Gasteiger partial charge in [-0.3, -0.25) is 4.79 Å². The zero-order valence-electron chi connectivity index (χ0n) is 6.77. The molecule has 0 atom stereocenters. The second kappa shape index (κ2) is 2.52. The van der Waals surface area contributed by atoms with Crippen LogP contribution in [0, 0.1) is 0 Å². The standard InChI is InChI=1S/C10H8O3/c11-9-6-5-7-3-1-2-4-8(7)10(9,12)13/h1-6,12-13H. The third kappa shape index (κ3) is 1.09. The number of hydrogen-bond acceptors (Lipinski definition) is 3. The predicted molar refractivity (Wildman–Crippen MR) is 46.6 cm³/mol. The number of rotatable bonds is 0. The lowest BCUT2D eigenvalue weighted by molar-refractivity contribution is -0.182. The van der Waals surface area contributed by atoms with Crippen molar-refractivity contribution >= 4 is 11.9 Å². The van der Waals surface area contributed by atoms with Crippen molar-refractivity contribution in [1.29, 1.82) is 0 Å². The molecular weight excluding hydrogens is 168 g/mol. The number of aliphatic hydroxyl groups is 2. The SMILES string of the molecule is O=C1C=Cc2ccccc2C1(O)O. The Bertz CT molecular complexity index is 391. The summed E-state index contributed by atoms with van der Waals surface area (Å²) in [6.07, 6.45) is 2.74. The molecule has 1 aliphatic carbocycles. The number of carbonyl (C=O) groups excluding carboxylic acids is 1. The molecule has 0 spiro atoms. The lowest BCUT2D eigenvalue weighted by Crippen LogP contribution is -2.36. The second-order valence-electron chi connectivity index (χ2n) is 2.96. The summed E-state index contributed by atoms with van der Waals surface area (Å²) >= 11 is 0. The molecule has 0 radical (unpaired) electrons. The molecule has 0 heterocycles. The van der Waals surface area contributed by atoms with Crippen LogP contribution in [-0.4, -0.2) is 16.0 Å². The van der Waals surface area contributed by atoms with Crippen LogP contribution in [0.15, 0.2) is 30.3 Å². The van der Waals surface area contributed by atoms with E-state index in [2.05, 4.69) is 0 Å². The summed E-state index contributed by atoms with van der Waals surface area (Å²) in [6.45, 7) is 0. The smallest absolute Gasteiger partial charge is 0.256 e. The van der Waals surface area contributed by atoms with Crippen molar-refractivity contribution in [2.24, 2.45) is 0 Å². The molecule has 1 aliphatic rings. The topological polar surface area (TPSA) is 57.5 Å². The first-order chi connectivity index (χ1) is 6.12. The zero-order valence-corrected chi connectivity index (χ0v) is 6.77. The summed E-state index contributed by atoms with van der Waals surface area (Å²) in [5, 5.41) is 18.9. The van der Waals surface area contributed by atoms with E-state index in [4.69, 9.17) is 0 Å². The average Bonchev–Trinajstić information content (AvgIpc) is 2.13. The van der Waals surface area contributed by atoms with Crippen LogP contribution in [0.5, 0.6) is 0 Å². The van der Waals surface area contributed by atoms with E-state index in [9.17, 15) is 15.0 Å². The molecule has 0 aromatic heterocycles. The molecule has 2 rings (SSSR count). The quantitative estimate of drug-likeness (QED) is 0.563. The maximum atomic E-state index is 11.1. The first-order valence-corrected chi connectivity index (χ1v) is 3.89. The minimum atomic E-state index is -2.36. The number of ketones is 1. The van der Waals surface area contributed by atoms with E-state index >= 15 is 0 Å². The Balaban J connectivity index is 2.68. The molecule has 0 saturated heterocycles. The van der Waals surface area contributed by atoms with E-state index in [1.165, 1.54) is 12.1 Å².